The first-order chi connectivity index (χ1) is 16.6. The van der Waals surface area contributed by atoms with Crippen molar-refractivity contribution < 1.29 is 13.9 Å². The lowest BCUT2D eigenvalue weighted by Crippen LogP contribution is -2.48. The van der Waals surface area contributed by atoms with E-state index in [-0.39, 0.29) is 6.67 Å². The Morgan fingerprint density at radius 1 is 1.18 bits per heavy atom. The van der Waals surface area contributed by atoms with E-state index in [1.165, 1.54) is 5.56 Å². The molecule has 5 rings (SSSR count). The average molecular weight is 463 g/mol. The smallest absolute Gasteiger partial charge is 0.233 e. The number of fused-ring (bicyclic) bond motifs is 1. The highest BCUT2D eigenvalue weighted by atomic mass is 19.1. The molecule has 0 amide bonds. The largest absolute Gasteiger partial charge is 0.495 e. The van der Waals surface area contributed by atoms with Crippen molar-refractivity contribution >= 4 is 28.4 Å². The molecule has 0 bridgehead atoms. The molecule has 2 aromatic carbocycles. The maximum absolute atomic E-state index is 12.5. The van der Waals surface area contributed by atoms with Crippen LogP contribution >= 0.6 is 0 Å². The second kappa shape index (κ2) is 9.56. The Morgan fingerprint density at radius 2 is 2.06 bits per heavy atom. The third-order valence-corrected chi connectivity index (χ3v) is 5.92. The Hall–Kier alpha value is -3.85. The van der Waals surface area contributed by atoms with Crippen molar-refractivity contribution in [1.82, 2.24) is 19.9 Å². The first kappa shape index (κ1) is 22.0. The van der Waals surface area contributed by atoms with Gasteiger partial charge in [-0.25, -0.2) is 4.39 Å². The van der Waals surface area contributed by atoms with Crippen LogP contribution in [-0.4, -0.2) is 53.3 Å². The van der Waals surface area contributed by atoms with E-state index in [0.717, 1.165) is 30.6 Å². The number of H-pyrrole nitrogens is 1. The molecule has 2 aromatic heterocycles. The van der Waals surface area contributed by atoms with E-state index in [4.69, 9.17) is 15.2 Å². The molecular weight excluding hydrogens is 435 g/mol. The van der Waals surface area contributed by atoms with Gasteiger partial charge in [-0.05, 0) is 48.2 Å². The Bertz CT molecular complexity index is 1290. The van der Waals surface area contributed by atoms with Crippen molar-refractivity contribution in [2.24, 2.45) is 5.92 Å². The second-order valence-corrected chi connectivity index (χ2v) is 8.45. The summed E-state index contributed by atoms with van der Waals surface area (Å²) in [4.78, 5) is 14.4. The lowest BCUT2D eigenvalue weighted by atomic mass is 9.92. The fourth-order valence-corrected chi connectivity index (χ4v) is 4.26. The molecule has 34 heavy (non-hydrogen) atoms. The summed E-state index contributed by atoms with van der Waals surface area (Å²) < 4.78 is 24.1. The summed E-state index contributed by atoms with van der Waals surface area (Å²) in [6.45, 7) is 2.11. The zero-order valence-corrected chi connectivity index (χ0v) is 18.9. The fourth-order valence-electron chi connectivity index (χ4n) is 4.26. The number of benzene rings is 2. The summed E-state index contributed by atoms with van der Waals surface area (Å²) in [6.07, 6.45) is 2.72. The molecule has 1 aliphatic heterocycles. The lowest BCUT2D eigenvalue weighted by molar-refractivity contribution is 0.0930. The van der Waals surface area contributed by atoms with Crippen molar-refractivity contribution in [2.45, 2.75) is 6.42 Å². The summed E-state index contributed by atoms with van der Waals surface area (Å²) in [5.74, 6) is 2.63. The van der Waals surface area contributed by atoms with E-state index < -0.39 is 0 Å². The first-order valence-corrected chi connectivity index (χ1v) is 11.2. The monoisotopic (exact) mass is 462 g/mol. The SMILES string of the molecule is COc1cc(CC2CN(CCF)C2)ccc1Nc1nc(Oc2cccc(N)c2)c2cc[nH]c2n1. The molecule has 0 radical (unpaired) electrons. The Morgan fingerprint density at radius 3 is 2.85 bits per heavy atom. The van der Waals surface area contributed by atoms with Crippen LogP contribution in [-0.2, 0) is 6.42 Å². The predicted molar refractivity (Wildman–Crippen MR) is 131 cm³/mol. The predicted octanol–water partition coefficient (Wildman–Crippen LogP) is 4.53. The van der Waals surface area contributed by atoms with Crippen molar-refractivity contribution in [2.75, 3.05) is 44.5 Å². The van der Waals surface area contributed by atoms with Crippen LogP contribution < -0.4 is 20.5 Å². The van der Waals surface area contributed by atoms with Crippen molar-refractivity contribution in [3.63, 3.8) is 0 Å². The van der Waals surface area contributed by atoms with Gasteiger partial charge in [0.15, 0.2) is 0 Å². The molecule has 4 N–H and O–H groups in total. The van der Waals surface area contributed by atoms with Crippen LogP contribution in [0.5, 0.6) is 17.4 Å². The summed E-state index contributed by atoms with van der Waals surface area (Å²) in [5, 5.41) is 4.02. The molecule has 0 atom stereocenters. The minimum Gasteiger partial charge on any atom is -0.495 e. The zero-order chi connectivity index (χ0) is 23.5. The van der Waals surface area contributed by atoms with Gasteiger partial charge < -0.3 is 30.4 Å². The third-order valence-electron chi connectivity index (χ3n) is 5.92. The number of alkyl halides is 1. The van der Waals surface area contributed by atoms with Crippen LogP contribution in [0, 0.1) is 5.92 Å². The Balaban J connectivity index is 1.35. The minimum absolute atomic E-state index is 0.288. The molecule has 0 saturated carbocycles. The number of nitrogens with one attached hydrogen (secondary N) is 2. The molecule has 9 heteroatoms. The van der Waals surface area contributed by atoms with E-state index in [9.17, 15) is 4.39 Å². The molecule has 3 heterocycles. The number of nitrogens with two attached hydrogens (primary N) is 1. The summed E-state index contributed by atoms with van der Waals surface area (Å²) in [5.41, 5.74) is 9.07. The van der Waals surface area contributed by atoms with Gasteiger partial charge >= 0.3 is 0 Å². The minimum atomic E-state index is -0.288. The maximum atomic E-state index is 12.5. The number of methoxy groups -OCH3 is 1. The fraction of sp³-hybridized carbons (Fsp3) is 0.280. The van der Waals surface area contributed by atoms with Gasteiger partial charge in [0.1, 0.15) is 23.8 Å². The van der Waals surface area contributed by atoms with Crippen LogP contribution in [0.4, 0.5) is 21.7 Å². The Labute approximate surface area is 196 Å². The van der Waals surface area contributed by atoms with Crippen LogP contribution in [0.15, 0.2) is 54.7 Å². The number of ether oxygens (including phenoxy) is 2. The van der Waals surface area contributed by atoms with Gasteiger partial charge in [-0.2, -0.15) is 9.97 Å². The molecule has 176 valence electrons. The van der Waals surface area contributed by atoms with Gasteiger partial charge in [-0.1, -0.05) is 12.1 Å². The second-order valence-electron chi connectivity index (χ2n) is 8.45. The number of nitrogen functional groups attached to an aromatic ring is 1. The summed E-state index contributed by atoms with van der Waals surface area (Å²) >= 11 is 0. The third kappa shape index (κ3) is 4.74. The van der Waals surface area contributed by atoms with Crippen molar-refractivity contribution in [1.29, 1.82) is 0 Å². The molecular formula is C25H27FN6O2. The van der Waals surface area contributed by atoms with Gasteiger partial charge in [0.2, 0.25) is 11.8 Å². The maximum Gasteiger partial charge on any atom is 0.233 e. The van der Waals surface area contributed by atoms with Crippen LogP contribution in [0.25, 0.3) is 11.0 Å². The number of rotatable bonds is 9. The highest BCUT2D eigenvalue weighted by Crippen LogP contribution is 2.33. The van der Waals surface area contributed by atoms with Gasteiger partial charge in [0.25, 0.3) is 0 Å². The molecule has 0 aliphatic carbocycles. The molecule has 1 aliphatic rings. The van der Waals surface area contributed by atoms with Gasteiger partial charge in [-0.3, -0.25) is 0 Å². The van der Waals surface area contributed by atoms with Crippen molar-refractivity contribution in [3.8, 4) is 17.4 Å². The number of halogens is 1. The molecule has 8 nitrogen and oxygen atoms in total. The van der Waals surface area contributed by atoms with Gasteiger partial charge in [0.05, 0.1) is 18.2 Å². The van der Waals surface area contributed by atoms with E-state index >= 15 is 0 Å². The standard InChI is InChI=1S/C25H27FN6O2/c1-33-22-12-16(11-17-14-32(15-17)10-8-26)5-6-21(22)29-25-30-23-20(7-9-28-23)24(31-25)34-19-4-2-3-18(27)13-19/h2-7,9,12-13,17H,8,10-11,14-15,27H2,1H3,(H2,28,29,30,31). The zero-order valence-electron chi connectivity index (χ0n) is 18.9. The van der Waals surface area contributed by atoms with Crippen LogP contribution in [0.3, 0.4) is 0 Å². The normalized spacial score (nSPS) is 14.2. The quantitative estimate of drug-likeness (QED) is 0.314. The Kier molecular flexibility index (Phi) is 6.18. The van der Waals surface area contributed by atoms with Gasteiger partial charge in [-0.15, -0.1) is 0 Å². The average Bonchev–Trinajstić information content (AvgIpc) is 3.28. The number of hydrogen-bond donors (Lipinski definition) is 3. The topological polar surface area (TPSA) is 101 Å². The lowest BCUT2D eigenvalue weighted by Gasteiger charge is -2.38. The molecule has 1 fully saturated rings. The van der Waals surface area contributed by atoms with Crippen LogP contribution in [0.2, 0.25) is 0 Å². The summed E-state index contributed by atoms with van der Waals surface area (Å²) in [7, 11) is 1.64. The van der Waals surface area contributed by atoms with E-state index in [0.29, 0.717) is 47.1 Å². The molecule has 0 spiro atoms. The van der Waals surface area contributed by atoms with Crippen molar-refractivity contribution in [3.05, 3.63) is 60.3 Å². The van der Waals surface area contributed by atoms with Gasteiger partial charge in [0, 0.05) is 37.6 Å². The molecule has 1 saturated heterocycles. The number of likely N-dealkylation sites (tertiary alicyclic amines) is 1. The number of hydrogen-bond acceptors (Lipinski definition) is 7. The molecule has 0 unspecified atom stereocenters. The molecule has 4 aromatic rings. The van der Waals surface area contributed by atoms with E-state index in [2.05, 4.69) is 31.2 Å². The number of aromatic nitrogens is 3. The summed E-state index contributed by atoms with van der Waals surface area (Å²) in [6, 6.07) is 15.1. The number of nitrogens with zero attached hydrogens (tertiary/aromatic N) is 3. The van der Waals surface area contributed by atoms with Crippen LogP contribution in [0.1, 0.15) is 5.56 Å². The number of anilines is 3. The highest BCUT2D eigenvalue weighted by molar-refractivity contribution is 5.83. The number of aromatic amines is 1. The van der Waals surface area contributed by atoms with E-state index in [1.807, 2.05) is 30.3 Å². The first-order valence-electron chi connectivity index (χ1n) is 11.2. The van der Waals surface area contributed by atoms with E-state index in [1.54, 1.807) is 25.4 Å². The highest BCUT2D eigenvalue weighted by Gasteiger charge is 2.26.